The first-order valence-electron chi connectivity index (χ1n) is 12.5. The van der Waals surface area contributed by atoms with Crippen molar-refractivity contribution in [3.05, 3.63) is 93.8 Å². The third-order valence-electron chi connectivity index (χ3n) is 6.36. The van der Waals surface area contributed by atoms with E-state index in [2.05, 4.69) is 4.74 Å². The van der Waals surface area contributed by atoms with Gasteiger partial charge in [-0.15, -0.1) is 13.2 Å². The molecule has 3 nitrogen and oxygen atoms in total. The average Bonchev–Trinajstić information content (AvgIpc) is 2.87. The highest BCUT2D eigenvalue weighted by molar-refractivity contribution is 5.73. The van der Waals surface area contributed by atoms with Gasteiger partial charge in [-0.25, -0.2) is 26.7 Å². The molecule has 1 heterocycles. The van der Waals surface area contributed by atoms with Crippen LogP contribution < -0.4 is 0 Å². The smallest absolute Gasteiger partial charge is 0.348 e. The second-order valence-electron chi connectivity index (χ2n) is 9.50. The molecule has 0 spiro atoms. The Balaban J connectivity index is 1.54. The Labute approximate surface area is 233 Å². The standard InChI is InChI=1S/C29H22F10O3/c1-2-3-16-13-40-27(41-14-16)18-11-24(33)26(25(34)12-18)17-9-21(30)19(22(31)10-17)6-4-15-5-7-20(23(32)8-15)28(35,36)42-29(37,38)39/h4-12,16,27H,2-3,13-14H2,1H3. The van der Waals surface area contributed by atoms with E-state index in [1.165, 1.54) is 0 Å². The Morgan fingerprint density at radius 2 is 1.38 bits per heavy atom. The summed E-state index contributed by atoms with van der Waals surface area (Å²) >= 11 is 0. The van der Waals surface area contributed by atoms with Gasteiger partial charge in [0.2, 0.25) is 0 Å². The van der Waals surface area contributed by atoms with Gasteiger partial charge in [-0.05, 0) is 60.0 Å². The Kier molecular flexibility index (Phi) is 9.33. The van der Waals surface area contributed by atoms with Crippen molar-refractivity contribution in [1.82, 2.24) is 0 Å². The molecule has 1 fully saturated rings. The van der Waals surface area contributed by atoms with E-state index in [0.29, 0.717) is 37.5 Å². The van der Waals surface area contributed by atoms with Crippen molar-refractivity contribution in [2.45, 2.75) is 38.5 Å². The van der Waals surface area contributed by atoms with E-state index in [0.717, 1.165) is 43.2 Å². The molecule has 0 aromatic heterocycles. The number of ether oxygens (including phenoxy) is 3. The fraction of sp³-hybridized carbons (Fsp3) is 0.310. The van der Waals surface area contributed by atoms with Gasteiger partial charge in [-0.2, -0.15) is 8.78 Å². The van der Waals surface area contributed by atoms with E-state index in [9.17, 15) is 43.9 Å². The van der Waals surface area contributed by atoms with Gasteiger partial charge in [0.15, 0.2) is 6.29 Å². The maximum Gasteiger partial charge on any atom is 0.527 e. The lowest BCUT2D eigenvalue weighted by Crippen LogP contribution is -2.28. The summed E-state index contributed by atoms with van der Waals surface area (Å²) in [6, 6.07) is 4.68. The second-order valence-corrected chi connectivity index (χ2v) is 9.50. The zero-order valence-corrected chi connectivity index (χ0v) is 21.7. The first kappa shape index (κ1) is 31.5. The lowest BCUT2D eigenvalue weighted by atomic mass is 9.99. The summed E-state index contributed by atoms with van der Waals surface area (Å²) in [6.45, 7) is 2.68. The normalized spacial score (nSPS) is 18.2. The molecule has 1 aliphatic heterocycles. The van der Waals surface area contributed by atoms with Crippen molar-refractivity contribution in [1.29, 1.82) is 0 Å². The van der Waals surface area contributed by atoms with Gasteiger partial charge < -0.3 is 9.47 Å². The number of halogens is 10. The maximum absolute atomic E-state index is 15.0. The fourth-order valence-electron chi connectivity index (χ4n) is 4.45. The van der Waals surface area contributed by atoms with Crippen LogP contribution in [0, 0.1) is 35.0 Å². The van der Waals surface area contributed by atoms with E-state index in [1.54, 1.807) is 0 Å². The zero-order chi connectivity index (χ0) is 30.8. The SMILES string of the molecule is CCCC1COC(c2cc(F)c(-c3cc(F)c(C=Cc4ccc(C(F)(F)OC(F)(F)F)c(F)c4)c(F)c3)c(F)c2)OC1. The Morgan fingerprint density at radius 1 is 0.786 bits per heavy atom. The van der Waals surface area contributed by atoms with Gasteiger partial charge in [0.05, 0.1) is 24.3 Å². The molecule has 1 saturated heterocycles. The molecule has 3 aromatic rings. The van der Waals surface area contributed by atoms with Gasteiger partial charge in [-0.1, -0.05) is 25.5 Å². The lowest BCUT2D eigenvalue weighted by Gasteiger charge is -2.29. The summed E-state index contributed by atoms with van der Waals surface area (Å²) in [5.74, 6) is -6.42. The minimum atomic E-state index is -5.75. The van der Waals surface area contributed by atoms with E-state index >= 15 is 0 Å². The quantitative estimate of drug-likeness (QED) is 0.189. The first-order chi connectivity index (χ1) is 19.7. The third kappa shape index (κ3) is 7.31. The van der Waals surface area contributed by atoms with E-state index in [-0.39, 0.29) is 17.0 Å². The van der Waals surface area contributed by atoms with Crippen molar-refractivity contribution in [2.24, 2.45) is 5.92 Å². The molecule has 0 unspecified atom stereocenters. The summed E-state index contributed by atoms with van der Waals surface area (Å²) in [5.41, 5.74) is -3.83. The van der Waals surface area contributed by atoms with Crippen molar-refractivity contribution >= 4 is 12.2 Å². The van der Waals surface area contributed by atoms with Gasteiger partial charge in [-0.3, -0.25) is 0 Å². The molecule has 0 N–H and O–H groups in total. The Morgan fingerprint density at radius 3 is 1.90 bits per heavy atom. The molecule has 0 aliphatic carbocycles. The van der Waals surface area contributed by atoms with Crippen LogP contribution in [0.4, 0.5) is 43.9 Å². The summed E-state index contributed by atoms with van der Waals surface area (Å²) in [5, 5.41) is 0. The zero-order valence-electron chi connectivity index (χ0n) is 21.7. The van der Waals surface area contributed by atoms with E-state index in [4.69, 9.17) is 9.47 Å². The molecule has 0 radical (unpaired) electrons. The molecule has 1 aliphatic rings. The third-order valence-corrected chi connectivity index (χ3v) is 6.36. The lowest BCUT2D eigenvalue weighted by molar-refractivity contribution is -0.432. The molecule has 0 saturated carbocycles. The highest BCUT2D eigenvalue weighted by Gasteiger charge is 2.47. The van der Waals surface area contributed by atoms with E-state index in [1.807, 2.05) is 6.92 Å². The van der Waals surface area contributed by atoms with Gasteiger partial charge in [0.1, 0.15) is 29.1 Å². The minimum Gasteiger partial charge on any atom is -0.348 e. The van der Waals surface area contributed by atoms with Crippen molar-refractivity contribution < 1.29 is 58.1 Å². The van der Waals surface area contributed by atoms with Gasteiger partial charge >= 0.3 is 12.5 Å². The van der Waals surface area contributed by atoms with Crippen LogP contribution >= 0.6 is 0 Å². The largest absolute Gasteiger partial charge is 0.527 e. The molecule has 226 valence electrons. The number of hydrogen-bond acceptors (Lipinski definition) is 3. The summed E-state index contributed by atoms with van der Waals surface area (Å²) in [6.07, 6.45) is -8.35. The highest BCUT2D eigenvalue weighted by atomic mass is 19.4. The number of hydrogen-bond donors (Lipinski definition) is 0. The number of benzene rings is 3. The topological polar surface area (TPSA) is 27.7 Å². The Bertz CT molecular complexity index is 1410. The molecular formula is C29H22F10O3. The fourth-order valence-corrected chi connectivity index (χ4v) is 4.45. The highest BCUT2D eigenvalue weighted by Crippen LogP contribution is 2.38. The molecule has 0 amide bonds. The average molecular weight is 608 g/mol. The second kappa shape index (κ2) is 12.4. The van der Waals surface area contributed by atoms with Crippen LogP contribution in [0.1, 0.15) is 48.3 Å². The Hall–Kier alpha value is -3.42. The van der Waals surface area contributed by atoms with Crippen molar-refractivity contribution in [3.8, 4) is 11.1 Å². The molecule has 0 bridgehead atoms. The van der Waals surface area contributed by atoms with Gasteiger partial charge in [0, 0.05) is 17.0 Å². The summed E-state index contributed by atoms with van der Waals surface area (Å²) < 4.78 is 151. The number of rotatable bonds is 8. The van der Waals surface area contributed by atoms with Crippen LogP contribution in [0.3, 0.4) is 0 Å². The molecule has 3 aromatic carbocycles. The molecular weight excluding hydrogens is 586 g/mol. The molecule has 13 heteroatoms. The molecule has 42 heavy (non-hydrogen) atoms. The van der Waals surface area contributed by atoms with Crippen LogP contribution in [0.15, 0.2) is 42.5 Å². The number of alkyl halides is 5. The van der Waals surface area contributed by atoms with Crippen molar-refractivity contribution in [2.75, 3.05) is 13.2 Å². The van der Waals surface area contributed by atoms with Crippen LogP contribution in [-0.2, 0) is 20.3 Å². The molecule has 4 rings (SSSR count). The first-order valence-corrected chi connectivity index (χ1v) is 12.5. The van der Waals surface area contributed by atoms with Crippen LogP contribution in [-0.4, -0.2) is 19.6 Å². The van der Waals surface area contributed by atoms with E-state index < -0.39 is 70.1 Å². The van der Waals surface area contributed by atoms with Crippen molar-refractivity contribution in [3.63, 3.8) is 0 Å². The summed E-state index contributed by atoms with van der Waals surface area (Å²) in [4.78, 5) is 0. The predicted octanol–water partition coefficient (Wildman–Crippen LogP) is 9.27. The maximum atomic E-state index is 15.0. The summed E-state index contributed by atoms with van der Waals surface area (Å²) in [7, 11) is 0. The predicted molar refractivity (Wildman–Crippen MR) is 131 cm³/mol. The van der Waals surface area contributed by atoms with Crippen LogP contribution in [0.2, 0.25) is 0 Å². The molecule has 0 atom stereocenters. The van der Waals surface area contributed by atoms with Crippen LogP contribution in [0.25, 0.3) is 23.3 Å². The van der Waals surface area contributed by atoms with Gasteiger partial charge in [0.25, 0.3) is 0 Å². The minimum absolute atomic E-state index is 0.0465. The van der Waals surface area contributed by atoms with Crippen LogP contribution in [0.5, 0.6) is 0 Å². The monoisotopic (exact) mass is 608 g/mol.